The van der Waals surface area contributed by atoms with E-state index in [4.69, 9.17) is 10.5 Å². The van der Waals surface area contributed by atoms with Crippen LogP contribution < -0.4 is 5.73 Å². The van der Waals surface area contributed by atoms with E-state index in [2.05, 4.69) is 17.1 Å². The van der Waals surface area contributed by atoms with Gasteiger partial charge in [0.15, 0.2) is 0 Å². The van der Waals surface area contributed by atoms with Crippen molar-refractivity contribution in [1.82, 2.24) is 0 Å². The van der Waals surface area contributed by atoms with Crippen LogP contribution in [0.3, 0.4) is 0 Å². The number of hydrogen-bond acceptors (Lipinski definition) is 2. The first-order valence-electron chi connectivity index (χ1n) is 7.31. The standard InChI is InChI=1S/C18H22N2O/c1-2-21-17(16-11-7-4-8-12-16)18(19)20-14-13-15-9-5-3-6-10-15/h3-12,17H,2,13-14H2,1H3,(H2,19,20)/t17-/m1/s1. The van der Waals surface area contributed by atoms with Crippen LogP contribution in [-0.2, 0) is 11.2 Å². The highest BCUT2D eigenvalue weighted by Crippen LogP contribution is 2.17. The molecular formula is C18H22N2O. The fourth-order valence-electron chi connectivity index (χ4n) is 2.19. The van der Waals surface area contributed by atoms with Crippen LogP contribution in [0.25, 0.3) is 0 Å². The molecule has 3 nitrogen and oxygen atoms in total. The van der Waals surface area contributed by atoms with E-state index in [1.807, 2.05) is 55.5 Å². The molecule has 1 atom stereocenters. The molecule has 0 unspecified atom stereocenters. The van der Waals surface area contributed by atoms with Gasteiger partial charge in [0.25, 0.3) is 0 Å². The molecule has 0 spiro atoms. The molecule has 2 N–H and O–H groups in total. The van der Waals surface area contributed by atoms with E-state index in [9.17, 15) is 0 Å². The molecule has 0 radical (unpaired) electrons. The first-order chi connectivity index (χ1) is 10.3. The molecule has 0 bridgehead atoms. The van der Waals surface area contributed by atoms with Crippen LogP contribution in [-0.4, -0.2) is 19.0 Å². The number of amidine groups is 1. The Hall–Kier alpha value is -2.13. The van der Waals surface area contributed by atoms with Gasteiger partial charge in [-0.05, 0) is 24.5 Å². The third-order valence-corrected chi connectivity index (χ3v) is 3.24. The van der Waals surface area contributed by atoms with Gasteiger partial charge in [-0.2, -0.15) is 0 Å². The van der Waals surface area contributed by atoms with E-state index in [0.29, 0.717) is 19.0 Å². The second-order valence-corrected chi connectivity index (χ2v) is 4.79. The molecule has 2 rings (SSSR count). The van der Waals surface area contributed by atoms with E-state index < -0.39 is 0 Å². The number of nitrogens with two attached hydrogens (primary N) is 1. The van der Waals surface area contributed by atoms with Gasteiger partial charge >= 0.3 is 0 Å². The Bertz CT molecular complexity index is 552. The second kappa shape index (κ2) is 8.22. The van der Waals surface area contributed by atoms with Gasteiger partial charge in [0.1, 0.15) is 11.9 Å². The Balaban J connectivity index is 2.01. The smallest absolute Gasteiger partial charge is 0.139 e. The number of nitrogens with zero attached hydrogens (tertiary/aromatic N) is 1. The normalized spacial score (nSPS) is 13.1. The Morgan fingerprint density at radius 1 is 1.05 bits per heavy atom. The second-order valence-electron chi connectivity index (χ2n) is 4.79. The maximum absolute atomic E-state index is 6.13. The molecule has 0 fully saturated rings. The van der Waals surface area contributed by atoms with Crippen molar-refractivity contribution in [2.24, 2.45) is 10.7 Å². The SMILES string of the molecule is CCO[C@@H](C(N)=NCCc1ccccc1)c1ccccc1. The van der Waals surface area contributed by atoms with E-state index in [1.165, 1.54) is 5.56 Å². The zero-order chi connectivity index (χ0) is 14.9. The van der Waals surface area contributed by atoms with Crippen LogP contribution in [0.5, 0.6) is 0 Å². The largest absolute Gasteiger partial charge is 0.385 e. The zero-order valence-corrected chi connectivity index (χ0v) is 12.4. The first-order valence-corrected chi connectivity index (χ1v) is 7.31. The Morgan fingerprint density at radius 3 is 2.29 bits per heavy atom. The molecule has 0 aromatic heterocycles. The predicted molar refractivity (Wildman–Crippen MR) is 87.4 cm³/mol. The fourth-order valence-corrected chi connectivity index (χ4v) is 2.19. The number of ether oxygens (including phenoxy) is 1. The van der Waals surface area contributed by atoms with E-state index in [-0.39, 0.29) is 6.10 Å². The summed E-state index contributed by atoms with van der Waals surface area (Å²) >= 11 is 0. The monoisotopic (exact) mass is 282 g/mol. The van der Waals surface area contributed by atoms with Gasteiger partial charge in [0.2, 0.25) is 0 Å². The lowest BCUT2D eigenvalue weighted by atomic mass is 10.1. The molecule has 21 heavy (non-hydrogen) atoms. The lowest BCUT2D eigenvalue weighted by Crippen LogP contribution is -2.25. The van der Waals surface area contributed by atoms with Crippen molar-refractivity contribution < 1.29 is 4.74 Å². The third kappa shape index (κ3) is 4.72. The van der Waals surface area contributed by atoms with Crippen LogP contribution in [0.4, 0.5) is 0 Å². The summed E-state index contributed by atoms with van der Waals surface area (Å²) in [5.74, 6) is 0.541. The van der Waals surface area contributed by atoms with Gasteiger partial charge in [-0.1, -0.05) is 60.7 Å². The summed E-state index contributed by atoms with van der Waals surface area (Å²) in [5.41, 5.74) is 8.43. The van der Waals surface area contributed by atoms with Crippen LogP contribution in [0.2, 0.25) is 0 Å². The van der Waals surface area contributed by atoms with Crippen LogP contribution >= 0.6 is 0 Å². The van der Waals surface area contributed by atoms with Crippen LogP contribution in [0.15, 0.2) is 65.7 Å². The van der Waals surface area contributed by atoms with Gasteiger partial charge in [-0.3, -0.25) is 4.99 Å². The van der Waals surface area contributed by atoms with Gasteiger partial charge in [0, 0.05) is 13.2 Å². The van der Waals surface area contributed by atoms with E-state index in [0.717, 1.165) is 12.0 Å². The number of rotatable bonds is 7. The van der Waals surface area contributed by atoms with Crippen molar-refractivity contribution in [3.05, 3.63) is 71.8 Å². The molecule has 2 aromatic carbocycles. The minimum absolute atomic E-state index is 0.257. The number of hydrogen-bond donors (Lipinski definition) is 1. The maximum Gasteiger partial charge on any atom is 0.139 e. The Kier molecular flexibility index (Phi) is 5.98. The molecule has 0 saturated carbocycles. The average Bonchev–Trinajstić information content (AvgIpc) is 2.54. The highest BCUT2D eigenvalue weighted by molar-refractivity contribution is 5.86. The summed E-state index contributed by atoms with van der Waals surface area (Å²) < 4.78 is 5.74. The maximum atomic E-state index is 6.13. The summed E-state index contributed by atoms with van der Waals surface area (Å²) in [4.78, 5) is 4.48. The summed E-state index contributed by atoms with van der Waals surface area (Å²) in [6.45, 7) is 3.24. The summed E-state index contributed by atoms with van der Waals surface area (Å²) in [6.07, 6.45) is 0.627. The molecule has 0 heterocycles. The molecule has 0 aliphatic heterocycles. The van der Waals surface area contributed by atoms with Crippen molar-refractivity contribution in [2.75, 3.05) is 13.2 Å². The van der Waals surface area contributed by atoms with Gasteiger partial charge in [-0.25, -0.2) is 0 Å². The molecule has 0 amide bonds. The third-order valence-electron chi connectivity index (χ3n) is 3.24. The van der Waals surface area contributed by atoms with Crippen molar-refractivity contribution >= 4 is 5.84 Å². The Labute approximate surface area is 126 Å². The summed E-state index contributed by atoms with van der Waals surface area (Å²) in [6, 6.07) is 20.3. The molecule has 0 aliphatic carbocycles. The van der Waals surface area contributed by atoms with Crippen molar-refractivity contribution in [3.8, 4) is 0 Å². The topological polar surface area (TPSA) is 47.6 Å². The highest BCUT2D eigenvalue weighted by Gasteiger charge is 2.15. The van der Waals surface area contributed by atoms with Crippen molar-refractivity contribution in [2.45, 2.75) is 19.4 Å². The first kappa shape index (κ1) is 15.3. The van der Waals surface area contributed by atoms with Crippen LogP contribution in [0, 0.1) is 0 Å². The van der Waals surface area contributed by atoms with Gasteiger partial charge < -0.3 is 10.5 Å². The lowest BCUT2D eigenvalue weighted by molar-refractivity contribution is 0.109. The molecule has 3 heteroatoms. The fraction of sp³-hybridized carbons (Fsp3) is 0.278. The average molecular weight is 282 g/mol. The summed E-state index contributed by atoms with van der Waals surface area (Å²) in [5, 5.41) is 0. The molecule has 110 valence electrons. The molecular weight excluding hydrogens is 260 g/mol. The predicted octanol–water partition coefficient (Wildman–Crippen LogP) is 3.36. The number of aliphatic imine (C=N–C) groups is 1. The van der Waals surface area contributed by atoms with Crippen LogP contribution in [0.1, 0.15) is 24.2 Å². The molecule has 2 aromatic rings. The van der Waals surface area contributed by atoms with E-state index >= 15 is 0 Å². The number of benzene rings is 2. The van der Waals surface area contributed by atoms with Gasteiger partial charge in [0.05, 0.1) is 0 Å². The molecule has 0 aliphatic rings. The highest BCUT2D eigenvalue weighted by atomic mass is 16.5. The van der Waals surface area contributed by atoms with Crippen molar-refractivity contribution in [1.29, 1.82) is 0 Å². The minimum atomic E-state index is -0.257. The van der Waals surface area contributed by atoms with Gasteiger partial charge in [-0.15, -0.1) is 0 Å². The lowest BCUT2D eigenvalue weighted by Gasteiger charge is -2.17. The zero-order valence-electron chi connectivity index (χ0n) is 12.4. The Morgan fingerprint density at radius 2 is 1.67 bits per heavy atom. The van der Waals surface area contributed by atoms with E-state index in [1.54, 1.807) is 0 Å². The quantitative estimate of drug-likeness (QED) is 0.625. The molecule has 0 saturated heterocycles. The summed E-state index contributed by atoms with van der Waals surface area (Å²) in [7, 11) is 0. The minimum Gasteiger partial charge on any atom is -0.385 e. The van der Waals surface area contributed by atoms with Crippen molar-refractivity contribution in [3.63, 3.8) is 0 Å².